The van der Waals surface area contributed by atoms with E-state index in [4.69, 9.17) is 14.5 Å². The van der Waals surface area contributed by atoms with Crippen molar-refractivity contribution in [1.82, 2.24) is 15.1 Å². The van der Waals surface area contributed by atoms with Crippen molar-refractivity contribution in [2.24, 2.45) is 4.99 Å². The van der Waals surface area contributed by atoms with Crippen LogP contribution < -0.4 is 5.32 Å². The van der Waals surface area contributed by atoms with E-state index in [-0.39, 0.29) is 24.0 Å². The Kier molecular flexibility index (Phi) is 12.9. The molecule has 2 saturated heterocycles. The third kappa shape index (κ3) is 9.15. The fourth-order valence-corrected chi connectivity index (χ4v) is 4.28. The van der Waals surface area contributed by atoms with Gasteiger partial charge in [0, 0.05) is 45.4 Å². The van der Waals surface area contributed by atoms with Gasteiger partial charge in [-0.1, -0.05) is 30.3 Å². The lowest BCUT2D eigenvalue weighted by Crippen LogP contribution is -2.47. The summed E-state index contributed by atoms with van der Waals surface area (Å²) >= 11 is 0. The Labute approximate surface area is 212 Å². The molecule has 32 heavy (non-hydrogen) atoms. The summed E-state index contributed by atoms with van der Waals surface area (Å²) in [6.45, 7) is 10.8. The Balaban J connectivity index is 0.00000363. The van der Waals surface area contributed by atoms with E-state index in [0.717, 1.165) is 77.6 Å². The van der Waals surface area contributed by atoms with Crippen molar-refractivity contribution in [1.29, 1.82) is 0 Å². The molecule has 1 N–H and O–H groups in total. The van der Waals surface area contributed by atoms with E-state index in [9.17, 15) is 0 Å². The quantitative estimate of drug-likeness (QED) is 0.266. The van der Waals surface area contributed by atoms with Gasteiger partial charge in [0.15, 0.2) is 5.96 Å². The largest absolute Gasteiger partial charge is 0.376 e. The maximum absolute atomic E-state index is 6.13. The third-order valence-electron chi connectivity index (χ3n) is 6.45. The number of nitrogens with zero attached hydrogens (tertiary/aromatic N) is 3. The smallest absolute Gasteiger partial charge is 0.193 e. The average Bonchev–Trinajstić information content (AvgIpc) is 3.32. The van der Waals surface area contributed by atoms with Crippen LogP contribution in [0.2, 0.25) is 0 Å². The molecular formula is C25H43IN4O2. The molecule has 182 valence electrons. The predicted octanol–water partition coefficient (Wildman–Crippen LogP) is 4.14. The molecule has 0 saturated carbocycles. The SMILES string of the molecule is CCNC(=NCCC(C)N(C)Cc1ccccc1)N1CCC(OCC2CCCO2)CC1.I. The first kappa shape index (κ1) is 27.3. The molecule has 0 aliphatic carbocycles. The average molecular weight is 559 g/mol. The lowest BCUT2D eigenvalue weighted by atomic mass is 10.1. The molecule has 2 fully saturated rings. The zero-order valence-electron chi connectivity index (χ0n) is 20.2. The van der Waals surface area contributed by atoms with Gasteiger partial charge in [0.25, 0.3) is 0 Å². The number of halogens is 1. The van der Waals surface area contributed by atoms with Crippen molar-refractivity contribution in [3.05, 3.63) is 35.9 Å². The van der Waals surface area contributed by atoms with Crippen LogP contribution in [-0.4, -0.2) is 80.4 Å². The number of hydrogen-bond donors (Lipinski definition) is 1. The van der Waals surface area contributed by atoms with Gasteiger partial charge in [-0.15, -0.1) is 24.0 Å². The normalized spacial score (nSPS) is 20.9. The first-order valence-electron chi connectivity index (χ1n) is 12.2. The van der Waals surface area contributed by atoms with Gasteiger partial charge in [0.2, 0.25) is 0 Å². The van der Waals surface area contributed by atoms with Crippen molar-refractivity contribution in [2.75, 3.05) is 46.4 Å². The van der Waals surface area contributed by atoms with Crippen molar-refractivity contribution in [2.45, 2.75) is 70.7 Å². The minimum absolute atomic E-state index is 0. The second kappa shape index (κ2) is 15.1. The maximum Gasteiger partial charge on any atom is 0.193 e. The maximum atomic E-state index is 6.13. The fraction of sp³-hybridized carbons (Fsp3) is 0.720. The van der Waals surface area contributed by atoms with Crippen LogP contribution in [0.1, 0.15) is 51.5 Å². The summed E-state index contributed by atoms with van der Waals surface area (Å²) in [5.41, 5.74) is 1.36. The first-order chi connectivity index (χ1) is 15.2. The number of likely N-dealkylation sites (tertiary alicyclic amines) is 1. The molecule has 0 aromatic heterocycles. The van der Waals surface area contributed by atoms with Crippen LogP contribution in [0.3, 0.4) is 0 Å². The highest BCUT2D eigenvalue weighted by Crippen LogP contribution is 2.18. The molecule has 2 atom stereocenters. The molecule has 2 heterocycles. The third-order valence-corrected chi connectivity index (χ3v) is 6.45. The topological polar surface area (TPSA) is 49.3 Å². The van der Waals surface area contributed by atoms with Crippen molar-refractivity contribution >= 4 is 29.9 Å². The predicted molar refractivity (Wildman–Crippen MR) is 143 cm³/mol. The highest BCUT2D eigenvalue weighted by Gasteiger charge is 2.24. The number of hydrogen-bond acceptors (Lipinski definition) is 4. The van der Waals surface area contributed by atoms with E-state index in [2.05, 4.69) is 66.3 Å². The molecule has 0 bridgehead atoms. The number of rotatable bonds is 10. The highest BCUT2D eigenvalue weighted by molar-refractivity contribution is 14.0. The van der Waals surface area contributed by atoms with Crippen LogP contribution in [-0.2, 0) is 16.0 Å². The molecule has 2 unspecified atom stereocenters. The Hall–Kier alpha value is -0.900. The van der Waals surface area contributed by atoms with Crippen LogP contribution in [0.4, 0.5) is 0 Å². The molecule has 2 aliphatic heterocycles. The summed E-state index contributed by atoms with van der Waals surface area (Å²) in [7, 11) is 2.20. The number of piperidine rings is 1. The molecule has 0 spiro atoms. The minimum Gasteiger partial charge on any atom is -0.376 e. The van der Waals surface area contributed by atoms with Crippen molar-refractivity contribution in [3.8, 4) is 0 Å². The van der Waals surface area contributed by atoms with E-state index in [0.29, 0.717) is 18.2 Å². The van der Waals surface area contributed by atoms with Crippen LogP contribution in [0.5, 0.6) is 0 Å². The van der Waals surface area contributed by atoms with E-state index in [1.165, 1.54) is 12.0 Å². The fourth-order valence-electron chi connectivity index (χ4n) is 4.28. The minimum atomic E-state index is 0. The van der Waals surface area contributed by atoms with Gasteiger partial charge in [-0.25, -0.2) is 0 Å². The van der Waals surface area contributed by atoms with Gasteiger partial charge in [0.05, 0.1) is 18.8 Å². The highest BCUT2D eigenvalue weighted by atomic mass is 127. The van der Waals surface area contributed by atoms with Crippen LogP contribution in [0.15, 0.2) is 35.3 Å². The monoisotopic (exact) mass is 558 g/mol. The number of aliphatic imine (C=N–C) groups is 1. The summed E-state index contributed by atoms with van der Waals surface area (Å²) in [5, 5.41) is 3.49. The summed E-state index contributed by atoms with van der Waals surface area (Å²) < 4.78 is 11.8. The Morgan fingerprint density at radius 2 is 2.00 bits per heavy atom. The molecule has 0 radical (unpaired) electrons. The molecule has 0 amide bonds. The van der Waals surface area contributed by atoms with Gasteiger partial charge in [-0.05, 0) is 58.6 Å². The Morgan fingerprint density at radius 1 is 1.25 bits per heavy atom. The van der Waals surface area contributed by atoms with Crippen molar-refractivity contribution in [3.63, 3.8) is 0 Å². The Morgan fingerprint density at radius 3 is 2.66 bits per heavy atom. The summed E-state index contributed by atoms with van der Waals surface area (Å²) in [5.74, 6) is 1.05. The van der Waals surface area contributed by atoms with Gasteiger partial charge >= 0.3 is 0 Å². The van der Waals surface area contributed by atoms with E-state index < -0.39 is 0 Å². The molecular weight excluding hydrogens is 515 g/mol. The number of benzene rings is 1. The van der Waals surface area contributed by atoms with E-state index >= 15 is 0 Å². The summed E-state index contributed by atoms with van der Waals surface area (Å²) in [6, 6.07) is 11.2. The van der Waals surface area contributed by atoms with E-state index in [1.807, 2.05) is 0 Å². The van der Waals surface area contributed by atoms with Crippen LogP contribution in [0, 0.1) is 0 Å². The molecule has 7 heteroatoms. The second-order valence-electron chi connectivity index (χ2n) is 8.93. The lowest BCUT2D eigenvalue weighted by molar-refractivity contribution is -0.0367. The molecule has 2 aliphatic rings. The van der Waals surface area contributed by atoms with Crippen molar-refractivity contribution < 1.29 is 9.47 Å². The zero-order chi connectivity index (χ0) is 21.9. The summed E-state index contributed by atoms with van der Waals surface area (Å²) in [4.78, 5) is 9.75. The molecule has 1 aromatic carbocycles. The first-order valence-corrected chi connectivity index (χ1v) is 12.2. The number of ether oxygens (including phenoxy) is 2. The molecule has 6 nitrogen and oxygen atoms in total. The van der Waals surface area contributed by atoms with Gasteiger partial charge < -0.3 is 19.7 Å². The Bertz CT molecular complexity index is 647. The summed E-state index contributed by atoms with van der Waals surface area (Å²) in [6.07, 6.45) is 6.18. The molecule has 3 rings (SSSR count). The van der Waals surface area contributed by atoms with Gasteiger partial charge in [-0.3, -0.25) is 9.89 Å². The van der Waals surface area contributed by atoms with E-state index in [1.54, 1.807) is 0 Å². The number of nitrogens with one attached hydrogen (secondary N) is 1. The van der Waals surface area contributed by atoms with Crippen LogP contribution >= 0.6 is 24.0 Å². The van der Waals surface area contributed by atoms with Crippen LogP contribution in [0.25, 0.3) is 0 Å². The second-order valence-corrected chi connectivity index (χ2v) is 8.93. The zero-order valence-corrected chi connectivity index (χ0v) is 22.5. The molecule has 1 aromatic rings. The lowest BCUT2D eigenvalue weighted by Gasteiger charge is -2.34. The standard InChI is InChI=1S/C25H42N4O2.HI/c1-4-26-25(27-15-12-21(2)28(3)19-22-9-6-5-7-10-22)29-16-13-23(14-17-29)31-20-24-11-8-18-30-24;/h5-7,9-10,21,23-24H,4,8,11-20H2,1-3H3,(H,26,27);1H. The van der Waals surface area contributed by atoms with Gasteiger partial charge in [0.1, 0.15) is 0 Å². The van der Waals surface area contributed by atoms with Gasteiger partial charge in [-0.2, -0.15) is 0 Å². The number of guanidine groups is 1.